The van der Waals surface area contributed by atoms with E-state index >= 15 is 0 Å². The molecule has 60 heavy (non-hydrogen) atoms. The molecule has 356 valence electrons. The molecule has 0 saturated heterocycles. The van der Waals surface area contributed by atoms with Crippen LogP contribution in [0.5, 0.6) is 0 Å². The third kappa shape index (κ3) is 30.2. The van der Waals surface area contributed by atoms with Gasteiger partial charge in [-0.05, 0) is 38.5 Å². The summed E-state index contributed by atoms with van der Waals surface area (Å²) in [7, 11) is -5.02. The largest absolute Gasteiger partial charge is 0.472 e. The van der Waals surface area contributed by atoms with Crippen LogP contribution in [-0.2, 0) is 27.9 Å². The molecule has 0 aliphatic heterocycles. The standard InChI is InChI=1S/C47H91O12P/c1-3-5-7-9-11-13-15-17-19-20-21-23-25-27-29-31-33-35-37-56-38-40(39-57-60(54,55)59-47-45(52)43(50)42(49)44(51)46(47)53)58-41(48)36-34-32-30-28-26-24-22-18-16-14-12-10-8-6-4-2/h18,22,40,42-47,49-53H,3-17,19-21,23-39H2,1-2H3,(H,54,55)/b22-18-. The van der Waals surface area contributed by atoms with Gasteiger partial charge in [0.25, 0.3) is 0 Å². The van der Waals surface area contributed by atoms with Crippen molar-refractivity contribution in [1.82, 2.24) is 0 Å². The number of unbranched alkanes of at least 4 members (excludes halogenated alkanes) is 28. The van der Waals surface area contributed by atoms with Gasteiger partial charge in [0.05, 0.1) is 13.2 Å². The highest BCUT2D eigenvalue weighted by Crippen LogP contribution is 2.47. The van der Waals surface area contributed by atoms with Gasteiger partial charge in [0.15, 0.2) is 0 Å². The van der Waals surface area contributed by atoms with Crippen LogP contribution in [0.4, 0.5) is 0 Å². The molecule has 1 rings (SSSR count). The number of phosphoric acid groups is 1. The maximum absolute atomic E-state index is 12.8. The number of esters is 1. The Kier molecular flexibility index (Phi) is 36.7. The number of carbonyl (C=O) groups is 1. The monoisotopic (exact) mass is 879 g/mol. The van der Waals surface area contributed by atoms with E-state index in [1.807, 2.05) is 0 Å². The Hall–Kier alpha value is -0.920. The third-order valence-electron chi connectivity index (χ3n) is 11.6. The maximum atomic E-state index is 12.8. The van der Waals surface area contributed by atoms with Crippen LogP contribution >= 0.6 is 7.82 Å². The number of hydrogen-bond acceptors (Lipinski definition) is 11. The lowest BCUT2D eigenvalue weighted by molar-refractivity contribution is -0.220. The van der Waals surface area contributed by atoms with Gasteiger partial charge >= 0.3 is 13.8 Å². The minimum absolute atomic E-state index is 0.0740. The summed E-state index contributed by atoms with van der Waals surface area (Å²) in [6.45, 7) is 4.28. The highest BCUT2D eigenvalue weighted by molar-refractivity contribution is 7.47. The second-order valence-electron chi connectivity index (χ2n) is 17.3. The first-order chi connectivity index (χ1) is 29.0. The fraction of sp³-hybridized carbons (Fsp3) is 0.936. The average Bonchev–Trinajstić information content (AvgIpc) is 3.23. The molecule has 0 radical (unpaired) electrons. The molecule has 0 spiro atoms. The predicted octanol–water partition coefficient (Wildman–Crippen LogP) is 10.3. The molecule has 13 heteroatoms. The first-order valence-corrected chi connectivity index (χ1v) is 26.0. The zero-order chi connectivity index (χ0) is 44.1. The van der Waals surface area contributed by atoms with Crippen LogP contribution < -0.4 is 0 Å². The molecule has 1 saturated carbocycles. The molecule has 12 nitrogen and oxygen atoms in total. The normalized spacial score (nSPS) is 22.3. The summed E-state index contributed by atoms with van der Waals surface area (Å²) in [5.41, 5.74) is 0. The molecule has 0 aromatic carbocycles. The van der Waals surface area contributed by atoms with Crippen molar-refractivity contribution in [3.63, 3.8) is 0 Å². The molecule has 6 atom stereocenters. The summed E-state index contributed by atoms with van der Waals surface area (Å²) in [5, 5.41) is 50.2. The Balaban J connectivity index is 2.36. The maximum Gasteiger partial charge on any atom is 0.472 e. The summed E-state index contributed by atoms with van der Waals surface area (Å²) in [6, 6.07) is 0. The molecule has 0 heterocycles. The molecule has 6 unspecified atom stereocenters. The number of allylic oxidation sites excluding steroid dienone is 2. The lowest BCUT2D eigenvalue weighted by Gasteiger charge is -2.41. The Labute approximate surface area is 365 Å². The van der Waals surface area contributed by atoms with Gasteiger partial charge in [-0.15, -0.1) is 0 Å². The molecule has 1 aliphatic rings. The molecule has 1 fully saturated rings. The van der Waals surface area contributed by atoms with E-state index in [0.29, 0.717) is 13.0 Å². The average molecular weight is 879 g/mol. The molecule has 1 aliphatic carbocycles. The zero-order valence-corrected chi connectivity index (χ0v) is 38.9. The van der Waals surface area contributed by atoms with Crippen molar-refractivity contribution < 1.29 is 58.3 Å². The minimum atomic E-state index is -5.02. The SMILES string of the molecule is CCCCCCCC/C=C\CCCCCCCC(=O)OC(COCCCCCCCCCCCCCCCCCCCC)COP(=O)(O)OC1C(O)C(O)C(O)C(O)C1O. The first-order valence-electron chi connectivity index (χ1n) is 24.5. The lowest BCUT2D eigenvalue weighted by atomic mass is 9.85. The number of carbonyl (C=O) groups excluding carboxylic acids is 1. The number of rotatable bonds is 42. The fourth-order valence-electron chi connectivity index (χ4n) is 7.70. The Morgan fingerprint density at radius 3 is 1.32 bits per heavy atom. The van der Waals surface area contributed by atoms with Gasteiger partial charge in [-0.25, -0.2) is 4.57 Å². The van der Waals surface area contributed by atoms with E-state index in [1.54, 1.807) is 0 Å². The fourth-order valence-corrected chi connectivity index (χ4v) is 8.68. The van der Waals surface area contributed by atoms with Crippen molar-refractivity contribution in [3.05, 3.63) is 12.2 Å². The van der Waals surface area contributed by atoms with Crippen molar-refractivity contribution in [3.8, 4) is 0 Å². The highest BCUT2D eigenvalue weighted by atomic mass is 31.2. The van der Waals surface area contributed by atoms with E-state index in [2.05, 4.69) is 26.0 Å². The predicted molar refractivity (Wildman–Crippen MR) is 240 cm³/mol. The summed E-state index contributed by atoms with van der Waals surface area (Å²) < 4.78 is 34.2. The lowest BCUT2D eigenvalue weighted by Crippen LogP contribution is -2.64. The Morgan fingerprint density at radius 2 is 0.883 bits per heavy atom. The van der Waals surface area contributed by atoms with Gasteiger partial charge in [-0.1, -0.05) is 187 Å². The second kappa shape index (κ2) is 38.5. The van der Waals surface area contributed by atoms with Gasteiger partial charge in [0, 0.05) is 13.0 Å². The van der Waals surface area contributed by atoms with Crippen LogP contribution in [0.2, 0.25) is 0 Å². The van der Waals surface area contributed by atoms with Gasteiger partial charge in [-0.3, -0.25) is 13.8 Å². The summed E-state index contributed by atoms with van der Waals surface area (Å²) in [5.74, 6) is -0.481. The minimum Gasteiger partial charge on any atom is -0.457 e. The molecule has 0 bridgehead atoms. The molecular formula is C47H91O12P. The molecule has 6 N–H and O–H groups in total. The molecule has 0 aromatic rings. The first kappa shape index (κ1) is 57.1. The van der Waals surface area contributed by atoms with E-state index in [9.17, 15) is 39.8 Å². The van der Waals surface area contributed by atoms with Crippen LogP contribution in [0.25, 0.3) is 0 Å². The van der Waals surface area contributed by atoms with E-state index < -0.39 is 63.1 Å². The number of aliphatic hydroxyl groups excluding tert-OH is 5. The van der Waals surface area contributed by atoms with Gasteiger partial charge in [0.2, 0.25) is 0 Å². The van der Waals surface area contributed by atoms with E-state index in [1.165, 1.54) is 135 Å². The van der Waals surface area contributed by atoms with E-state index in [-0.39, 0.29) is 13.0 Å². The highest BCUT2D eigenvalue weighted by Gasteiger charge is 2.51. The number of hydrogen-bond donors (Lipinski definition) is 6. The third-order valence-corrected chi connectivity index (χ3v) is 12.6. The summed E-state index contributed by atoms with van der Waals surface area (Å²) in [4.78, 5) is 23.2. The van der Waals surface area contributed by atoms with E-state index in [0.717, 1.165) is 57.8 Å². The van der Waals surface area contributed by atoms with Crippen molar-refractivity contribution in [2.24, 2.45) is 0 Å². The van der Waals surface area contributed by atoms with Crippen LogP contribution in [0, 0.1) is 0 Å². The summed E-state index contributed by atoms with van der Waals surface area (Å²) >= 11 is 0. The van der Waals surface area contributed by atoms with Crippen LogP contribution in [0.15, 0.2) is 12.2 Å². The molecular weight excluding hydrogens is 787 g/mol. The van der Waals surface area contributed by atoms with E-state index in [4.69, 9.17) is 18.5 Å². The van der Waals surface area contributed by atoms with Gasteiger partial charge in [0.1, 0.15) is 42.7 Å². The Morgan fingerprint density at radius 1 is 0.517 bits per heavy atom. The quantitative estimate of drug-likeness (QED) is 0.0147. The Bertz CT molecular complexity index is 1050. The number of ether oxygens (including phenoxy) is 2. The topological polar surface area (TPSA) is 192 Å². The van der Waals surface area contributed by atoms with Crippen LogP contribution in [-0.4, -0.2) is 98.9 Å². The molecule has 0 amide bonds. The van der Waals surface area contributed by atoms with Crippen molar-refractivity contribution in [1.29, 1.82) is 0 Å². The smallest absolute Gasteiger partial charge is 0.457 e. The van der Waals surface area contributed by atoms with Crippen LogP contribution in [0.3, 0.4) is 0 Å². The van der Waals surface area contributed by atoms with Crippen LogP contribution in [0.1, 0.15) is 219 Å². The number of aliphatic hydroxyl groups is 5. The zero-order valence-electron chi connectivity index (χ0n) is 38.0. The number of phosphoric ester groups is 1. The summed E-state index contributed by atoms with van der Waals surface area (Å²) in [6.07, 6.45) is 29.9. The van der Waals surface area contributed by atoms with Crippen molar-refractivity contribution in [2.75, 3.05) is 19.8 Å². The van der Waals surface area contributed by atoms with Crippen molar-refractivity contribution >= 4 is 13.8 Å². The van der Waals surface area contributed by atoms with Gasteiger partial charge in [-0.2, -0.15) is 0 Å². The van der Waals surface area contributed by atoms with Crippen molar-refractivity contribution in [2.45, 2.75) is 262 Å². The second-order valence-corrected chi connectivity index (χ2v) is 18.7. The van der Waals surface area contributed by atoms with Gasteiger partial charge < -0.3 is 39.9 Å². The molecule has 0 aromatic heterocycles.